The molecule has 2 aromatic rings. The van der Waals surface area contributed by atoms with Crippen molar-refractivity contribution in [3.05, 3.63) is 76.5 Å². The van der Waals surface area contributed by atoms with Crippen molar-refractivity contribution in [1.29, 1.82) is 0 Å². The van der Waals surface area contributed by atoms with Crippen LogP contribution in [-0.4, -0.2) is 17.1 Å². The van der Waals surface area contributed by atoms with Crippen LogP contribution in [0.4, 0.5) is 5.69 Å². The van der Waals surface area contributed by atoms with E-state index in [0.29, 0.717) is 6.54 Å². The van der Waals surface area contributed by atoms with Crippen LogP contribution in [0.25, 0.3) is 0 Å². The van der Waals surface area contributed by atoms with Crippen molar-refractivity contribution in [2.24, 2.45) is 15.0 Å². The van der Waals surface area contributed by atoms with Gasteiger partial charge in [0.1, 0.15) is 0 Å². The van der Waals surface area contributed by atoms with Gasteiger partial charge in [0.25, 0.3) is 0 Å². The minimum atomic E-state index is 0.194. The molecule has 0 fully saturated rings. The van der Waals surface area contributed by atoms with Crippen molar-refractivity contribution >= 4 is 43.0 Å². The molecule has 0 saturated heterocycles. The maximum absolute atomic E-state index is 4.87. The van der Waals surface area contributed by atoms with Crippen LogP contribution in [0.5, 0.6) is 0 Å². The van der Waals surface area contributed by atoms with Crippen molar-refractivity contribution in [3.8, 4) is 0 Å². The normalized spacial score (nSPS) is 14.2. The van der Waals surface area contributed by atoms with Gasteiger partial charge in [-0.25, -0.2) is 4.99 Å². The molecule has 0 saturated carbocycles. The predicted octanol–water partition coefficient (Wildman–Crippen LogP) is 7.47. The van der Waals surface area contributed by atoms with Crippen molar-refractivity contribution in [3.63, 3.8) is 0 Å². The number of nitrogens with zero attached hydrogens (tertiary/aromatic N) is 3. The zero-order valence-electron chi connectivity index (χ0n) is 18.0. The molecule has 6 heteroatoms. The summed E-state index contributed by atoms with van der Waals surface area (Å²) in [4.78, 5) is 14.4. The third-order valence-corrected chi connectivity index (χ3v) is 4.79. The summed E-state index contributed by atoms with van der Waals surface area (Å²) in [7, 11) is 9.53. The molecule has 0 bridgehead atoms. The summed E-state index contributed by atoms with van der Waals surface area (Å²) in [5.74, 6) is 0. The van der Waals surface area contributed by atoms with Crippen LogP contribution >= 0.6 is 20.2 Å². The van der Waals surface area contributed by atoms with Gasteiger partial charge in [0.05, 0.1) is 35.1 Å². The van der Waals surface area contributed by atoms with E-state index in [9.17, 15) is 0 Å². The van der Waals surface area contributed by atoms with E-state index in [-0.39, 0.29) is 13.1 Å². The van der Waals surface area contributed by atoms with Crippen LogP contribution in [0.3, 0.4) is 0 Å². The first-order valence-corrected chi connectivity index (χ1v) is 12.7. The fraction of sp³-hybridized carbons (Fsp3) is 0.292. The maximum atomic E-state index is 4.87. The van der Waals surface area contributed by atoms with Crippen molar-refractivity contribution in [1.82, 2.24) is 0 Å². The number of halogens is 2. The molecule has 0 aromatic heterocycles. The molecule has 0 radical (unpaired) electrons. The Kier molecular flexibility index (Phi) is 10.0. The van der Waals surface area contributed by atoms with Gasteiger partial charge < -0.3 is 0 Å². The Morgan fingerprint density at radius 1 is 1.00 bits per heavy atom. The Bertz CT molecular complexity index is 970. The number of benzene rings is 2. The van der Waals surface area contributed by atoms with E-state index in [1.807, 2.05) is 32.0 Å². The van der Waals surface area contributed by atoms with Crippen LogP contribution < -0.4 is 0 Å². The summed E-state index contributed by atoms with van der Waals surface area (Å²) >= 11 is 0.194. The summed E-state index contributed by atoms with van der Waals surface area (Å²) in [6, 6.07) is 14.7. The van der Waals surface area contributed by atoms with Crippen molar-refractivity contribution in [2.45, 2.75) is 47.6 Å². The third kappa shape index (κ3) is 7.21. The molecule has 0 spiro atoms. The average molecular weight is 484 g/mol. The van der Waals surface area contributed by atoms with Crippen LogP contribution in [0.2, 0.25) is 0 Å². The Hall–Kier alpha value is -1.71. The fourth-order valence-electron chi connectivity index (χ4n) is 3.35. The topological polar surface area (TPSA) is 37.1 Å². The van der Waals surface area contributed by atoms with Gasteiger partial charge in [0, 0.05) is 6.42 Å². The van der Waals surface area contributed by atoms with Crippen molar-refractivity contribution < 1.29 is 13.1 Å². The second-order valence-corrected chi connectivity index (χ2v) is 9.06. The molecule has 1 heterocycles. The Morgan fingerprint density at radius 2 is 1.60 bits per heavy atom. The fourth-order valence-corrected chi connectivity index (χ4v) is 3.35. The first kappa shape index (κ1) is 24.6. The van der Waals surface area contributed by atoms with Crippen LogP contribution in [-0.2, 0) is 19.7 Å². The van der Waals surface area contributed by atoms with E-state index in [2.05, 4.69) is 51.1 Å². The van der Waals surface area contributed by atoms with Gasteiger partial charge in [-0.1, -0.05) is 54.1 Å². The summed E-state index contributed by atoms with van der Waals surface area (Å²) in [6.07, 6.45) is 2.97. The Balaban J connectivity index is 0.00000101. The van der Waals surface area contributed by atoms with E-state index in [4.69, 9.17) is 35.2 Å². The van der Waals surface area contributed by atoms with Gasteiger partial charge in [-0.15, -0.1) is 0 Å². The molecule has 0 atom stereocenters. The Morgan fingerprint density at radius 3 is 2.20 bits per heavy atom. The van der Waals surface area contributed by atoms with Gasteiger partial charge >= 0.3 is 33.3 Å². The zero-order chi connectivity index (χ0) is 22.1. The second-order valence-electron chi connectivity index (χ2n) is 7.23. The van der Waals surface area contributed by atoms with E-state index in [0.717, 1.165) is 34.9 Å². The molecular weight excluding hydrogens is 457 g/mol. The monoisotopic (exact) mass is 483 g/mol. The molecule has 30 heavy (non-hydrogen) atoms. The van der Waals surface area contributed by atoms with Crippen molar-refractivity contribution in [2.75, 3.05) is 0 Å². The second kappa shape index (κ2) is 12.2. The van der Waals surface area contributed by atoms with Gasteiger partial charge in [0.2, 0.25) is 0 Å². The molecule has 0 aliphatic carbocycles. The van der Waals surface area contributed by atoms with E-state index >= 15 is 0 Å². The quantitative estimate of drug-likeness (QED) is 0.312. The molecule has 1 aliphatic rings. The minimum absolute atomic E-state index is 0.194. The molecular formula is C24H27Cl2FeN3. The Labute approximate surface area is 194 Å². The van der Waals surface area contributed by atoms with Gasteiger partial charge in [-0.05, 0) is 51.3 Å². The number of aliphatic imine (C=N–C) groups is 3. The average Bonchev–Trinajstić information content (AvgIpc) is 3.20. The standard InChI is InChI=1S/C24H27N3.2ClH.Fe/c1-16-13-17(2)24(18(3)14-16)26-20(5)23-12-11-22(27-23)19(4)25-15-21-9-7-6-8-10-21;;;/h6-10,12-14H,11,15H2,1-5H3;2*1H;/q;;;+2/p-2. The molecule has 0 unspecified atom stereocenters. The number of aryl methyl sites for hydroxylation is 3. The number of allylic oxidation sites excluding steroid dienone is 2. The van der Waals surface area contributed by atoms with Gasteiger partial charge in [0.15, 0.2) is 0 Å². The number of rotatable bonds is 5. The third-order valence-electron chi connectivity index (χ3n) is 4.79. The number of hydrogen-bond donors (Lipinski definition) is 0. The molecule has 0 N–H and O–H groups in total. The first-order chi connectivity index (χ1) is 14.3. The SMILES string of the molecule is CC(=Nc1c(C)cc(C)cc1C)C1=CCC(C(C)=NCc2ccccc2)=N1.[Cl][Fe][Cl]. The molecule has 160 valence electrons. The van der Waals surface area contributed by atoms with Crippen LogP contribution in [0.1, 0.15) is 42.5 Å². The molecule has 1 aliphatic heterocycles. The van der Waals surface area contributed by atoms with E-state index in [1.165, 1.54) is 22.3 Å². The molecule has 3 nitrogen and oxygen atoms in total. The summed E-state index contributed by atoms with van der Waals surface area (Å²) in [5, 5.41) is 0. The summed E-state index contributed by atoms with van der Waals surface area (Å²) < 4.78 is 0. The molecule has 2 aromatic carbocycles. The van der Waals surface area contributed by atoms with E-state index in [1.54, 1.807) is 0 Å². The predicted molar refractivity (Wildman–Crippen MR) is 129 cm³/mol. The van der Waals surface area contributed by atoms with Gasteiger partial charge in [-0.2, -0.15) is 0 Å². The van der Waals surface area contributed by atoms with Gasteiger partial charge in [-0.3, -0.25) is 9.98 Å². The van der Waals surface area contributed by atoms with E-state index < -0.39 is 0 Å². The molecule has 3 rings (SSSR count). The van der Waals surface area contributed by atoms with Crippen LogP contribution in [0, 0.1) is 20.8 Å². The first-order valence-electron chi connectivity index (χ1n) is 9.67. The zero-order valence-corrected chi connectivity index (χ0v) is 20.6. The summed E-state index contributed by atoms with van der Waals surface area (Å²) in [6.45, 7) is 11.1. The van der Waals surface area contributed by atoms with Crippen LogP contribution in [0.15, 0.2) is 69.2 Å². The molecule has 0 amide bonds. The summed E-state index contributed by atoms with van der Waals surface area (Å²) in [5.41, 5.74) is 9.89. The number of hydrogen-bond acceptors (Lipinski definition) is 3.